The Labute approximate surface area is 123 Å². The Morgan fingerprint density at radius 3 is 2.50 bits per heavy atom. The summed E-state index contributed by atoms with van der Waals surface area (Å²) in [5.41, 5.74) is 1.04. The Hall–Kier alpha value is -1.50. The van der Waals surface area contributed by atoms with Crippen molar-refractivity contribution in [1.82, 2.24) is 5.32 Å². The number of aliphatic imine (C=N–C) groups is 1. The molecule has 1 saturated heterocycles. The molecule has 2 unspecified atom stereocenters. The van der Waals surface area contributed by atoms with Gasteiger partial charge >= 0.3 is 5.97 Å². The fraction of sp³-hybridized carbons (Fsp3) is 0.818. The molecular formula is C11H17N3O8. The monoisotopic (exact) mass is 319 g/mol. The second-order valence-corrected chi connectivity index (χ2v) is 5.81. The number of aliphatic hydroxyl groups is 6. The van der Waals surface area contributed by atoms with E-state index in [1.165, 1.54) is 0 Å². The van der Waals surface area contributed by atoms with Crippen molar-refractivity contribution in [3.63, 3.8) is 0 Å². The number of rotatable bonds is 1. The molecule has 2 bridgehead atoms. The molecule has 124 valence electrons. The summed E-state index contributed by atoms with van der Waals surface area (Å²) in [7, 11) is 0. The van der Waals surface area contributed by atoms with E-state index in [-0.39, 0.29) is 5.96 Å². The third kappa shape index (κ3) is 1.55. The van der Waals surface area contributed by atoms with E-state index in [1.807, 2.05) is 0 Å². The second kappa shape index (κ2) is 4.50. The molecule has 0 radical (unpaired) electrons. The number of nitrogens with one attached hydrogen (secondary N) is 1. The lowest BCUT2D eigenvalue weighted by Gasteiger charge is -2.62. The SMILES string of the molecule is NC1=N[C@H](O)[C@H]2[C@H](O)[C@@](O)(CO)[C@@H]3OC(=O)[C@@H](O)C2(N1)C3O. The molecule has 8 atom stereocenters. The molecule has 3 aliphatic rings. The minimum atomic E-state index is -2.44. The first-order valence-corrected chi connectivity index (χ1v) is 6.57. The van der Waals surface area contributed by atoms with Gasteiger partial charge in [-0.15, -0.1) is 0 Å². The molecule has 9 N–H and O–H groups in total. The van der Waals surface area contributed by atoms with Crippen LogP contribution < -0.4 is 11.1 Å². The molecule has 22 heavy (non-hydrogen) atoms. The highest BCUT2D eigenvalue weighted by molar-refractivity contribution is 5.85. The van der Waals surface area contributed by atoms with E-state index in [9.17, 15) is 35.4 Å². The normalized spacial score (nSPS) is 53.9. The summed E-state index contributed by atoms with van der Waals surface area (Å²) >= 11 is 0. The number of hydrogen-bond acceptors (Lipinski definition) is 11. The Morgan fingerprint density at radius 1 is 1.27 bits per heavy atom. The summed E-state index contributed by atoms with van der Waals surface area (Å²) in [6.45, 7) is -1.06. The summed E-state index contributed by atoms with van der Waals surface area (Å²) in [4.78, 5) is 15.4. The van der Waals surface area contributed by atoms with Crippen molar-refractivity contribution in [3.05, 3.63) is 0 Å². The fourth-order valence-electron chi connectivity index (χ4n) is 3.65. The van der Waals surface area contributed by atoms with Gasteiger partial charge in [0, 0.05) is 0 Å². The van der Waals surface area contributed by atoms with E-state index in [2.05, 4.69) is 10.3 Å². The highest BCUT2D eigenvalue weighted by Gasteiger charge is 2.75. The number of fused-ring (bicyclic) bond motifs is 1. The van der Waals surface area contributed by atoms with E-state index in [4.69, 9.17) is 10.5 Å². The van der Waals surface area contributed by atoms with Crippen LogP contribution in [0.1, 0.15) is 0 Å². The molecule has 2 fully saturated rings. The van der Waals surface area contributed by atoms with E-state index >= 15 is 0 Å². The third-order valence-corrected chi connectivity index (χ3v) is 4.78. The maximum absolute atomic E-state index is 11.9. The van der Waals surface area contributed by atoms with Gasteiger partial charge in [0.05, 0.1) is 18.6 Å². The smallest absolute Gasteiger partial charge is 0.338 e. The van der Waals surface area contributed by atoms with Crippen LogP contribution in [0.4, 0.5) is 0 Å². The van der Waals surface area contributed by atoms with Gasteiger partial charge in [-0.3, -0.25) is 0 Å². The number of hydrogen-bond donors (Lipinski definition) is 8. The highest BCUT2D eigenvalue weighted by atomic mass is 16.6. The molecular weight excluding hydrogens is 302 g/mol. The van der Waals surface area contributed by atoms with Crippen LogP contribution >= 0.6 is 0 Å². The van der Waals surface area contributed by atoms with Crippen LogP contribution in [0.3, 0.4) is 0 Å². The second-order valence-electron chi connectivity index (χ2n) is 5.81. The van der Waals surface area contributed by atoms with Gasteiger partial charge in [-0.2, -0.15) is 0 Å². The van der Waals surface area contributed by atoms with Gasteiger partial charge in [0.1, 0.15) is 11.6 Å². The topological polar surface area (TPSA) is 198 Å². The molecule has 1 saturated carbocycles. The quantitative estimate of drug-likeness (QED) is 0.215. The highest BCUT2D eigenvalue weighted by Crippen LogP contribution is 2.48. The van der Waals surface area contributed by atoms with Gasteiger partial charge in [0.25, 0.3) is 0 Å². The lowest BCUT2D eigenvalue weighted by molar-refractivity contribution is -0.309. The molecule has 3 rings (SSSR count). The van der Waals surface area contributed by atoms with Crippen molar-refractivity contribution in [2.45, 2.75) is 41.8 Å². The predicted molar refractivity (Wildman–Crippen MR) is 66.9 cm³/mol. The average Bonchev–Trinajstić information content (AvgIpc) is 2.46. The Balaban J connectivity index is 2.22. The number of esters is 1. The van der Waals surface area contributed by atoms with Gasteiger partial charge < -0.3 is 46.4 Å². The summed E-state index contributed by atoms with van der Waals surface area (Å²) in [5.74, 6) is -3.09. The maximum atomic E-state index is 11.9. The average molecular weight is 319 g/mol. The van der Waals surface area contributed by atoms with Crippen LogP contribution in [0.15, 0.2) is 4.99 Å². The van der Waals surface area contributed by atoms with E-state index in [1.54, 1.807) is 0 Å². The van der Waals surface area contributed by atoms with Crippen LogP contribution in [0.2, 0.25) is 0 Å². The largest absolute Gasteiger partial charge is 0.454 e. The number of aliphatic hydroxyl groups excluding tert-OH is 5. The van der Waals surface area contributed by atoms with Gasteiger partial charge in [0.15, 0.2) is 30.0 Å². The number of ether oxygens (including phenoxy) is 1. The Kier molecular flexibility index (Phi) is 3.15. The van der Waals surface area contributed by atoms with Gasteiger partial charge in [-0.25, -0.2) is 9.79 Å². The Morgan fingerprint density at radius 2 is 1.91 bits per heavy atom. The first-order chi connectivity index (χ1) is 10.2. The predicted octanol–water partition coefficient (Wildman–Crippen LogP) is -5.68. The fourth-order valence-corrected chi connectivity index (χ4v) is 3.65. The van der Waals surface area contributed by atoms with Crippen LogP contribution in [0, 0.1) is 5.92 Å². The van der Waals surface area contributed by atoms with Crippen LogP contribution in [-0.4, -0.2) is 91.0 Å². The summed E-state index contributed by atoms with van der Waals surface area (Å²) in [6.07, 6.45) is -9.08. The van der Waals surface area contributed by atoms with Gasteiger partial charge in [0.2, 0.25) is 0 Å². The van der Waals surface area contributed by atoms with Crippen molar-refractivity contribution in [2.24, 2.45) is 16.6 Å². The molecule has 2 heterocycles. The zero-order valence-corrected chi connectivity index (χ0v) is 11.2. The maximum Gasteiger partial charge on any atom is 0.338 e. The first-order valence-electron chi connectivity index (χ1n) is 6.57. The minimum absolute atomic E-state index is 0.364. The molecule has 0 aromatic carbocycles. The molecule has 0 aromatic rings. The van der Waals surface area contributed by atoms with Crippen LogP contribution in [0.25, 0.3) is 0 Å². The van der Waals surface area contributed by atoms with Crippen LogP contribution in [0.5, 0.6) is 0 Å². The van der Waals surface area contributed by atoms with Gasteiger partial charge in [-0.05, 0) is 0 Å². The van der Waals surface area contributed by atoms with Crippen molar-refractivity contribution in [3.8, 4) is 0 Å². The molecule has 1 aliphatic carbocycles. The summed E-state index contributed by atoms with van der Waals surface area (Å²) in [5, 5.41) is 63.3. The molecule has 0 aromatic heterocycles. The molecule has 2 aliphatic heterocycles. The number of guanidine groups is 1. The summed E-state index contributed by atoms with van der Waals surface area (Å²) < 4.78 is 4.76. The first kappa shape index (κ1) is 15.4. The number of nitrogens with two attached hydrogens (primary N) is 1. The van der Waals surface area contributed by atoms with Crippen molar-refractivity contribution in [2.75, 3.05) is 6.61 Å². The molecule has 1 spiro atoms. The van der Waals surface area contributed by atoms with Crippen molar-refractivity contribution < 1.29 is 40.2 Å². The molecule has 11 nitrogen and oxygen atoms in total. The number of nitrogens with zero attached hydrogens (tertiary/aromatic N) is 1. The lowest BCUT2D eigenvalue weighted by atomic mass is 9.57. The van der Waals surface area contributed by atoms with E-state index in [0.717, 1.165) is 0 Å². The minimum Gasteiger partial charge on any atom is -0.454 e. The van der Waals surface area contributed by atoms with Crippen LogP contribution in [-0.2, 0) is 9.53 Å². The zero-order chi connectivity index (χ0) is 16.4. The molecule has 0 amide bonds. The van der Waals surface area contributed by atoms with E-state index < -0.39 is 60.3 Å². The molecule has 11 heteroatoms. The summed E-state index contributed by atoms with van der Waals surface area (Å²) in [6, 6.07) is 0. The number of carbonyl (C=O) groups excluding carboxylic acids is 1. The zero-order valence-electron chi connectivity index (χ0n) is 11.2. The third-order valence-electron chi connectivity index (χ3n) is 4.78. The van der Waals surface area contributed by atoms with E-state index in [0.29, 0.717) is 0 Å². The lowest BCUT2D eigenvalue weighted by Crippen LogP contribution is -2.88. The van der Waals surface area contributed by atoms with Crippen molar-refractivity contribution >= 4 is 11.9 Å². The van der Waals surface area contributed by atoms with Crippen molar-refractivity contribution in [1.29, 1.82) is 0 Å². The number of carbonyl (C=O) groups is 1. The van der Waals surface area contributed by atoms with Gasteiger partial charge in [-0.1, -0.05) is 0 Å². The standard InChI is InChI=1S/C11H17N3O8/c12-9-13-7(19)2-3(16)10(21,1-15)6-4(17)11(2,14-9)5(18)8(20)22-6/h2-7,15-19,21H,1H2,(H3,12,13,14)/t2-,3+,4?,5-,6-,7-,10+,11?/m1/s1. The Bertz CT molecular complexity index is 543.